The molecule has 0 aromatic heterocycles. The Hall–Kier alpha value is -1.67. The number of rotatable bonds is 7. The zero-order valence-electron chi connectivity index (χ0n) is 11.7. The quantitative estimate of drug-likeness (QED) is 0.593. The van der Waals surface area contributed by atoms with Crippen molar-refractivity contribution < 1.29 is 13.3 Å². The number of sulfonamides is 1. The average Bonchev–Trinajstić information content (AvgIpc) is 2.34. The van der Waals surface area contributed by atoms with E-state index >= 15 is 0 Å². The van der Waals surface area contributed by atoms with Gasteiger partial charge < -0.3 is 5.32 Å². The molecular formula is C12H19N3O4S. The van der Waals surface area contributed by atoms with E-state index < -0.39 is 20.6 Å². The second-order valence-corrected chi connectivity index (χ2v) is 6.32. The van der Waals surface area contributed by atoms with Crippen LogP contribution in [-0.2, 0) is 10.0 Å². The number of benzene rings is 1. The minimum absolute atomic E-state index is 0.322. The Morgan fingerprint density at radius 1 is 1.35 bits per heavy atom. The molecule has 7 nitrogen and oxygen atoms in total. The highest BCUT2D eigenvalue weighted by Gasteiger charge is 2.26. The minimum atomic E-state index is -3.91. The summed E-state index contributed by atoms with van der Waals surface area (Å²) < 4.78 is 26.7. The topological polar surface area (TPSA) is 101 Å². The molecular weight excluding hydrogens is 282 g/mol. The highest BCUT2D eigenvalue weighted by molar-refractivity contribution is 7.89. The summed E-state index contributed by atoms with van der Waals surface area (Å²) in [6, 6.07) is 3.65. The second-order valence-electron chi connectivity index (χ2n) is 4.64. The van der Waals surface area contributed by atoms with Crippen LogP contribution in [0.25, 0.3) is 0 Å². The van der Waals surface area contributed by atoms with Gasteiger partial charge in [0.1, 0.15) is 0 Å². The SMILES string of the molecule is CCCNc1ccc([N+](=O)[O-])c(S(=O)(=O)NC(C)C)c1. The highest BCUT2D eigenvalue weighted by atomic mass is 32.2. The van der Waals surface area contributed by atoms with Crippen molar-refractivity contribution in [3.8, 4) is 0 Å². The smallest absolute Gasteiger partial charge is 0.289 e. The van der Waals surface area contributed by atoms with Gasteiger partial charge in [0.15, 0.2) is 4.90 Å². The summed E-state index contributed by atoms with van der Waals surface area (Å²) in [4.78, 5) is 9.95. The number of anilines is 1. The van der Waals surface area contributed by atoms with Crippen molar-refractivity contribution in [2.75, 3.05) is 11.9 Å². The average molecular weight is 301 g/mol. The summed E-state index contributed by atoms with van der Waals surface area (Å²) in [6.45, 7) is 5.94. The van der Waals surface area contributed by atoms with Gasteiger partial charge >= 0.3 is 0 Å². The first-order chi connectivity index (χ1) is 9.27. The van der Waals surface area contributed by atoms with Crippen LogP contribution in [0.3, 0.4) is 0 Å². The zero-order valence-corrected chi connectivity index (χ0v) is 12.5. The molecule has 0 aliphatic heterocycles. The van der Waals surface area contributed by atoms with Crippen LogP contribution in [0.15, 0.2) is 23.1 Å². The lowest BCUT2D eigenvalue weighted by Crippen LogP contribution is -2.30. The molecule has 0 saturated carbocycles. The number of hydrogen-bond acceptors (Lipinski definition) is 5. The van der Waals surface area contributed by atoms with Crippen LogP contribution in [0, 0.1) is 10.1 Å². The van der Waals surface area contributed by atoms with Gasteiger partial charge in [0.25, 0.3) is 5.69 Å². The third kappa shape index (κ3) is 4.17. The Kier molecular flexibility index (Phi) is 5.46. The molecule has 8 heteroatoms. The number of hydrogen-bond donors (Lipinski definition) is 2. The van der Waals surface area contributed by atoms with E-state index in [1.54, 1.807) is 13.8 Å². The molecule has 0 fully saturated rings. The molecule has 0 amide bonds. The molecule has 0 saturated heterocycles. The van der Waals surface area contributed by atoms with Gasteiger partial charge in [-0.1, -0.05) is 6.92 Å². The summed E-state index contributed by atoms with van der Waals surface area (Å²) in [7, 11) is -3.91. The summed E-state index contributed by atoms with van der Waals surface area (Å²) in [5, 5.41) is 14.0. The van der Waals surface area contributed by atoms with Crippen LogP contribution in [0.4, 0.5) is 11.4 Å². The van der Waals surface area contributed by atoms with E-state index in [4.69, 9.17) is 0 Å². The van der Waals surface area contributed by atoms with E-state index in [9.17, 15) is 18.5 Å². The maximum Gasteiger partial charge on any atom is 0.289 e. The first-order valence-corrected chi connectivity index (χ1v) is 7.81. The van der Waals surface area contributed by atoms with Gasteiger partial charge in [-0.2, -0.15) is 0 Å². The minimum Gasteiger partial charge on any atom is -0.385 e. The molecule has 0 atom stereocenters. The van der Waals surface area contributed by atoms with Crippen LogP contribution in [0.5, 0.6) is 0 Å². The van der Waals surface area contributed by atoms with E-state index in [1.807, 2.05) is 6.92 Å². The first kappa shape index (κ1) is 16.4. The summed E-state index contributed by atoms with van der Waals surface area (Å²) >= 11 is 0. The molecule has 0 bridgehead atoms. The lowest BCUT2D eigenvalue weighted by Gasteiger charge is -2.12. The number of nitrogens with one attached hydrogen (secondary N) is 2. The van der Waals surface area contributed by atoms with Crippen LogP contribution >= 0.6 is 0 Å². The van der Waals surface area contributed by atoms with E-state index in [2.05, 4.69) is 10.0 Å². The summed E-state index contributed by atoms with van der Waals surface area (Å²) in [5.41, 5.74) is 0.113. The van der Waals surface area contributed by atoms with E-state index in [1.165, 1.54) is 18.2 Å². The standard InChI is InChI=1S/C12H19N3O4S/c1-4-7-13-10-5-6-11(15(16)17)12(8-10)20(18,19)14-9(2)3/h5-6,8-9,13-14H,4,7H2,1-3H3. The van der Waals surface area contributed by atoms with Crippen molar-refractivity contribution in [3.63, 3.8) is 0 Å². The summed E-state index contributed by atoms with van der Waals surface area (Å²) in [5.74, 6) is 0. The third-order valence-corrected chi connectivity index (χ3v) is 4.10. The molecule has 0 aliphatic rings. The highest BCUT2D eigenvalue weighted by Crippen LogP contribution is 2.27. The molecule has 112 valence electrons. The van der Waals surface area contributed by atoms with Gasteiger partial charge in [-0.05, 0) is 32.4 Å². The Morgan fingerprint density at radius 3 is 2.50 bits per heavy atom. The Balaban J connectivity index is 3.28. The molecule has 2 N–H and O–H groups in total. The largest absolute Gasteiger partial charge is 0.385 e. The van der Waals surface area contributed by atoms with Crippen molar-refractivity contribution in [2.45, 2.75) is 38.1 Å². The predicted octanol–water partition coefficient (Wildman–Crippen LogP) is 2.10. The summed E-state index contributed by atoms with van der Waals surface area (Å²) in [6.07, 6.45) is 0.864. The predicted molar refractivity (Wildman–Crippen MR) is 77.3 cm³/mol. The van der Waals surface area contributed by atoms with Crippen LogP contribution in [0.1, 0.15) is 27.2 Å². The Labute approximate surface area is 118 Å². The maximum absolute atomic E-state index is 12.2. The fourth-order valence-corrected chi connectivity index (χ4v) is 3.08. The maximum atomic E-state index is 12.2. The van der Waals surface area contributed by atoms with E-state index in [-0.39, 0.29) is 10.9 Å². The molecule has 0 unspecified atom stereocenters. The lowest BCUT2D eigenvalue weighted by atomic mass is 10.3. The molecule has 20 heavy (non-hydrogen) atoms. The Bertz CT molecular complexity index is 584. The third-order valence-electron chi connectivity index (χ3n) is 2.42. The first-order valence-electron chi connectivity index (χ1n) is 6.32. The second kappa shape index (κ2) is 6.67. The number of nitro groups is 1. The van der Waals surface area contributed by atoms with Gasteiger partial charge in [0, 0.05) is 24.3 Å². The molecule has 0 spiro atoms. The molecule has 1 aromatic rings. The van der Waals surface area contributed by atoms with Crippen molar-refractivity contribution in [3.05, 3.63) is 28.3 Å². The molecule has 1 aromatic carbocycles. The number of nitrogens with zero attached hydrogens (tertiary/aromatic N) is 1. The van der Waals surface area contributed by atoms with Gasteiger partial charge in [-0.3, -0.25) is 10.1 Å². The van der Waals surface area contributed by atoms with E-state index in [0.29, 0.717) is 12.2 Å². The Morgan fingerprint density at radius 2 is 2.00 bits per heavy atom. The van der Waals surface area contributed by atoms with Crippen molar-refractivity contribution >= 4 is 21.4 Å². The van der Waals surface area contributed by atoms with Gasteiger partial charge in [0.2, 0.25) is 10.0 Å². The van der Waals surface area contributed by atoms with Crippen LogP contribution in [-0.4, -0.2) is 25.9 Å². The van der Waals surface area contributed by atoms with Gasteiger partial charge in [-0.25, -0.2) is 13.1 Å². The van der Waals surface area contributed by atoms with Crippen molar-refractivity contribution in [2.24, 2.45) is 0 Å². The van der Waals surface area contributed by atoms with Gasteiger partial charge in [0.05, 0.1) is 4.92 Å². The molecule has 0 radical (unpaired) electrons. The molecule has 0 aliphatic carbocycles. The van der Waals surface area contributed by atoms with Crippen molar-refractivity contribution in [1.82, 2.24) is 4.72 Å². The molecule has 1 rings (SSSR count). The fraction of sp³-hybridized carbons (Fsp3) is 0.500. The lowest BCUT2D eigenvalue weighted by molar-refractivity contribution is -0.387. The van der Waals surface area contributed by atoms with Crippen LogP contribution in [0.2, 0.25) is 0 Å². The number of nitro benzene ring substituents is 1. The van der Waals surface area contributed by atoms with Crippen molar-refractivity contribution in [1.29, 1.82) is 0 Å². The normalized spacial score (nSPS) is 11.6. The van der Waals surface area contributed by atoms with Gasteiger partial charge in [-0.15, -0.1) is 0 Å². The molecule has 0 heterocycles. The van der Waals surface area contributed by atoms with E-state index in [0.717, 1.165) is 6.42 Å². The monoisotopic (exact) mass is 301 g/mol. The van der Waals surface area contributed by atoms with Crippen LogP contribution < -0.4 is 10.0 Å². The fourth-order valence-electron chi connectivity index (χ4n) is 1.63. The zero-order chi connectivity index (χ0) is 15.3.